The molecule has 0 radical (unpaired) electrons. The SMILES string of the molecule is CNCc1ccc(CN(C)CCC(F)(F)F)cc1. The molecular weight excluding hydrogens is 241 g/mol. The minimum absolute atomic E-state index is 0.0295. The van der Waals surface area contributed by atoms with Crippen molar-refractivity contribution in [1.82, 2.24) is 10.2 Å². The lowest BCUT2D eigenvalue weighted by Crippen LogP contribution is -2.24. The third-order valence-corrected chi connectivity index (χ3v) is 2.63. The van der Waals surface area contributed by atoms with E-state index < -0.39 is 12.6 Å². The van der Waals surface area contributed by atoms with Crippen LogP contribution in [0.15, 0.2) is 24.3 Å². The van der Waals surface area contributed by atoms with E-state index in [9.17, 15) is 13.2 Å². The molecule has 0 aromatic heterocycles. The molecule has 1 N–H and O–H groups in total. The molecule has 102 valence electrons. The van der Waals surface area contributed by atoms with Crippen LogP contribution >= 0.6 is 0 Å². The fourth-order valence-electron chi connectivity index (χ4n) is 1.68. The Bertz CT molecular complexity index is 346. The largest absolute Gasteiger partial charge is 0.390 e. The summed E-state index contributed by atoms with van der Waals surface area (Å²) in [7, 11) is 3.58. The Morgan fingerprint density at radius 2 is 1.67 bits per heavy atom. The van der Waals surface area contributed by atoms with Crippen LogP contribution in [0.2, 0.25) is 0 Å². The summed E-state index contributed by atoms with van der Waals surface area (Å²) in [6, 6.07) is 7.89. The Morgan fingerprint density at radius 3 is 2.17 bits per heavy atom. The van der Waals surface area contributed by atoms with Gasteiger partial charge in [-0.2, -0.15) is 13.2 Å². The van der Waals surface area contributed by atoms with Gasteiger partial charge >= 0.3 is 6.18 Å². The van der Waals surface area contributed by atoms with Crippen molar-refractivity contribution in [3.63, 3.8) is 0 Å². The molecule has 0 spiro atoms. The van der Waals surface area contributed by atoms with E-state index in [1.165, 1.54) is 5.56 Å². The summed E-state index contributed by atoms with van der Waals surface area (Å²) in [6.07, 6.45) is -4.84. The van der Waals surface area contributed by atoms with Crippen LogP contribution < -0.4 is 5.32 Å². The summed E-state index contributed by atoms with van der Waals surface area (Å²) in [5, 5.41) is 3.05. The maximum Gasteiger partial charge on any atom is 0.390 e. The first-order valence-electron chi connectivity index (χ1n) is 5.88. The van der Waals surface area contributed by atoms with Crippen LogP contribution in [0.5, 0.6) is 0 Å². The lowest BCUT2D eigenvalue weighted by atomic mass is 10.1. The van der Waals surface area contributed by atoms with Gasteiger partial charge in [0.25, 0.3) is 0 Å². The first-order chi connectivity index (χ1) is 8.40. The van der Waals surface area contributed by atoms with Crippen molar-refractivity contribution < 1.29 is 13.2 Å². The molecule has 1 aromatic carbocycles. The number of nitrogens with zero attached hydrogens (tertiary/aromatic N) is 1. The highest BCUT2D eigenvalue weighted by Gasteiger charge is 2.26. The Hall–Kier alpha value is -1.07. The molecule has 0 saturated heterocycles. The van der Waals surface area contributed by atoms with Gasteiger partial charge in [-0.3, -0.25) is 0 Å². The van der Waals surface area contributed by atoms with E-state index in [4.69, 9.17) is 0 Å². The summed E-state index contributed by atoms with van der Waals surface area (Å²) in [5.41, 5.74) is 2.19. The van der Waals surface area contributed by atoms with Gasteiger partial charge in [0.15, 0.2) is 0 Å². The second kappa shape index (κ2) is 6.75. The standard InChI is InChI=1S/C13H19F3N2/c1-17-9-11-3-5-12(6-4-11)10-18(2)8-7-13(14,15)16/h3-6,17H,7-10H2,1-2H3. The molecule has 0 saturated carbocycles. The topological polar surface area (TPSA) is 15.3 Å². The fourth-order valence-corrected chi connectivity index (χ4v) is 1.68. The zero-order valence-electron chi connectivity index (χ0n) is 10.7. The van der Waals surface area contributed by atoms with Gasteiger partial charge in [0.2, 0.25) is 0 Å². The monoisotopic (exact) mass is 260 g/mol. The number of hydrogen-bond acceptors (Lipinski definition) is 2. The van der Waals surface area contributed by atoms with E-state index >= 15 is 0 Å². The van der Waals surface area contributed by atoms with E-state index in [-0.39, 0.29) is 6.54 Å². The van der Waals surface area contributed by atoms with Gasteiger partial charge in [-0.1, -0.05) is 24.3 Å². The smallest absolute Gasteiger partial charge is 0.316 e. The molecule has 0 bridgehead atoms. The highest BCUT2D eigenvalue weighted by molar-refractivity contribution is 5.22. The molecule has 0 unspecified atom stereocenters. The maximum absolute atomic E-state index is 12.1. The van der Waals surface area contributed by atoms with E-state index in [0.717, 1.165) is 12.1 Å². The minimum atomic E-state index is -4.08. The van der Waals surface area contributed by atoms with Gasteiger partial charge in [0.1, 0.15) is 0 Å². The zero-order chi connectivity index (χ0) is 13.6. The summed E-state index contributed by atoms with van der Waals surface area (Å²) in [4.78, 5) is 1.68. The Morgan fingerprint density at radius 1 is 1.11 bits per heavy atom. The van der Waals surface area contributed by atoms with Gasteiger partial charge in [0.05, 0.1) is 6.42 Å². The number of alkyl halides is 3. The predicted octanol–water partition coefficient (Wildman–Crippen LogP) is 2.79. The van der Waals surface area contributed by atoms with Gasteiger partial charge in [-0.25, -0.2) is 0 Å². The molecule has 0 heterocycles. The van der Waals surface area contributed by atoms with E-state index in [1.54, 1.807) is 11.9 Å². The zero-order valence-corrected chi connectivity index (χ0v) is 10.7. The molecule has 5 heteroatoms. The van der Waals surface area contributed by atoms with Crippen LogP contribution in [0.4, 0.5) is 13.2 Å². The molecule has 1 rings (SSSR count). The molecule has 0 amide bonds. The van der Waals surface area contributed by atoms with Crippen LogP contribution in [0.25, 0.3) is 0 Å². The predicted molar refractivity (Wildman–Crippen MR) is 66.2 cm³/mol. The second-order valence-electron chi connectivity index (χ2n) is 4.45. The molecule has 0 aliphatic heterocycles. The van der Waals surface area contributed by atoms with Crippen LogP contribution in [0.3, 0.4) is 0 Å². The van der Waals surface area contributed by atoms with Crippen LogP contribution in [-0.2, 0) is 13.1 Å². The summed E-state index contributed by atoms with van der Waals surface area (Å²) in [5.74, 6) is 0. The van der Waals surface area contributed by atoms with Crippen molar-refractivity contribution in [2.24, 2.45) is 0 Å². The average molecular weight is 260 g/mol. The lowest BCUT2D eigenvalue weighted by Gasteiger charge is -2.17. The quantitative estimate of drug-likeness (QED) is 0.846. The van der Waals surface area contributed by atoms with Gasteiger partial charge < -0.3 is 10.2 Å². The highest BCUT2D eigenvalue weighted by atomic mass is 19.4. The number of halogens is 3. The molecule has 0 atom stereocenters. The van der Waals surface area contributed by atoms with Gasteiger partial charge in [-0.15, -0.1) is 0 Å². The highest BCUT2D eigenvalue weighted by Crippen LogP contribution is 2.19. The maximum atomic E-state index is 12.1. The lowest BCUT2D eigenvalue weighted by molar-refractivity contribution is -0.137. The van der Waals surface area contributed by atoms with Crippen molar-refractivity contribution in [3.05, 3.63) is 35.4 Å². The van der Waals surface area contributed by atoms with E-state index in [1.807, 2.05) is 31.3 Å². The van der Waals surface area contributed by atoms with Crippen molar-refractivity contribution in [1.29, 1.82) is 0 Å². The number of hydrogen-bond donors (Lipinski definition) is 1. The summed E-state index contributed by atoms with van der Waals surface area (Å²) in [6.45, 7) is 1.36. The minimum Gasteiger partial charge on any atom is -0.316 e. The van der Waals surface area contributed by atoms with Crippen molar-refractivity contribution in [2.75, 3.05) is 20.6 Å². The Kier molecular flexibility index (Phi) is 5.62. The molecule has 0 aliphatic rings. The number of benzene rings is 1. The molecule has 2 nitrogen and oxygen atoms in total. The van der Waals surface area contributed by atoms with Crippen LogP contribution in [0, 0.1) is 0 Å². The fraction of sp³-hybridized carbons (Fsp3) is 0.538. The molecule has 0 fully saturated rings. The van der Waals surface area contributed by atoms with Gasteiger partial charge in [0, 0.05) is 19.6 Å². The van der Waals surface area contributed by atoms with E-state index in [0.29, 0.717) is 6.54 Å². The molecular formula is C13H19F3N2. The number of nitrogens with one attached hydrogen (secondary N) is 1. The Labute approximate surface area is 106 Å². The first kappa shape index (κ1) is 15.0. The third kappa shape index (κ3) is 6.02. The summed E-state index contributed by atoms with van der Waals surface area (Å²) < 4.78 is 36.2. The van der Waals surface area contributed by atoms with Crippen LogP contribution in [0.1, 0.15) is 17.5 Å². The summed E-state index contributed by atoms with van der Waals surface area (Å²) >= 11 is 0. The number of rotatable bonds is 6. The van der Waals surface area contributed by atoms with Crippen molar-refractivity contribution in [2.45, 2.75) is 25.7 Å². The molecule has 0 aliphatic carbocycles. The Balaban J connectivity index is 2.41. The third-order valence-electron chi connectivity index (χ3n) is 2.63. The molecule has 1 aromatic rings. The normalized spacial score (nSPS) is 12.1. The van der Waals surface area contributed by atoms with E-state index in [2.05, 4.69) is 5.32 Å². The van der Waals surface area contributed by atoms with Gasteiger partial charge in [-0.05, 0) is 25.2 Å². The molecule has 18 heavy (non-hydrogen) atoms. The van der Waals surface area contributed by atoms with Crippen molar-refractivity contribution in [3.8, 4) is 0 Å². The average Bonchev–Trinajstić information content (AvgIpc) is 2.29. The van der Waals surface area contributed by atoms with Crippen LogP contribution in [-0.4, -0.2) is 31.7 Å². The first-order valence-corrected chi connectivity index (χ1v) is 5.88. The van der Waals surface area contributed by atoms with Crippen molar-refractivity contribution >= 4 is 0 Å². The second-order valence-corrected chi connectivity index (χ2v) is 4.45.